The second-order valence-corrected chi connectivity index (χ2v) is 8.63. The SMILES string of the molecule is Cc1nccn1CCN1CC[C@H](NC(=O)[C@@H]2CCCCN2c2nc3ccccc3o2)C1.Cl. The molecule has 1 aromatic carbocycles. The molecule has 0 radical (unpaired) electrons. The van der Waals surface area contributed by atoms with Crippen molar-refractivity contribution in [2.45, 2.75) is 51.2 Å². The molecule has 0 aliphatic carbocycles. The Hall–Kier alpha value is -2.58. The van der Waals surface area contributed by atoms with E-state index in [0.29, 0.717) is 6.01 Å². The van der Waals surface area contributed by atoms with Crippen molar-refractivity contribution in [3.05, 3.63) is 42.5 Å². The van der Waals surface area contributed by atoms with Gasteiger partial charge in [-0.25, -0.2) is 4.98 Å². The third kappa shape index (κ3) is 4.76. The molecule has 4 heterocycles. The number of piperidine rings is 1. The van der Waals surface area contributed by atoms with Gasteiger partial charge >= 0.3 is 0 Å². The molecule has 172 valence electrons. The summed E-state index contributed by atoms with van der Waals surface area (Å²) in [6.07, 6.45) is 7.79. The maximum absolute atomic E-state index is 13.2. The molecule has 2 aliphatic heterocycles. The van der Waals surface area contributed by atoms with Crippen molar-refractivity contribution in [2.24, 2.45) is 0 Å². The second kappa shape index (κ2) is 9.92. The fourth-order valence-electron chi connectivity index (χ4n) is 4.76. The van der Waals surface area contributed by atoms with E-state index >= 15 is 0 Å². The number of aryl methyl sites for hydroxylation is 1. The van der Waals surface area contributed by atoms with Gasteiger partial charge in [-0.05, 0) is 44.7 Å². The summed E-state index contributed by atoms with van der Waals surface area (Å²) in [5.74, 6) is 1.14. The lowest BCUT2D eigenvalue weighted by molar-refractivity contribution is -0.123. The first-order valence-electron chi connectivity index (χ1n) is 11.3. The maximum Gasteiger partial charge on any atom is 0.299 e. The highest BCUT2D eigenvalue weighted by atomic mass is 35.5. The number of hydrogen-bond acceptors (Lipinski definition) is 6. The van der Waals surface area contributed by atoms with Crippen LogP contribution in [0.2, 0.25) is 0 Å². The van der Waals surface area contributed by atoms with Crippen molar-refractivity contribution in [2.75, 3.05) is 31.1 Å². The number of fused-ring (bicyclic) bond motifs is 1. The Kier molecular flexibility index (Phi) is 7.01. The standard InChI is InChI=1S/C23H30N6O2.ClH/c1-17-24-10-13-28(17)15-14-27-12-9-18(16-27)25-22(30)20-7-4-5-11-29(20)23-26-19-6-2-3-8-21(19)31-23;/h2-3,6,8,10,13,18,20H,4-5,7,9,11-12,14-16H2,1H3,(H,25,30);1H/t18-,20-;/m0./s1. The fraction of sp³-hybridized carbons (Fsp3) is 0.522. The molecule has 0 saturated carbocycles. The van der Waals surface area contributed by atoms with Gasteiger partial charge in [0.2, 0.25) is 5.91 Å². The van der Waals surface area contributed by atoms with Gasteiger partial charge in [-0.2, -0.15) is 4.98 Å². The third-order valence-electron chi connectivity index (χ3n) is 6.53. The van der Waals surface area contributed by atoms with Crippen LogP contribution in [0.3, 0.4) is 0 Å². The van der Waals surface area contributed by atoms with E-state index in [1.807, 2.05) is 48.5 Å². The molecule has 0 unspecified atom stereocenters. The summed E-state index contributed by atoms with van der Waals surface area (Å²) >= 11 is 0. The predicted octanol–water partition coefficient (Wildman–Crippen LogP) is 3.00. The highest BCUT2D eigenvalue weighted by Crippen LogP contribution is 2.28. The quantitative estimate of drug-likeness (QED) is 0.611. The van der Waals surface area contributed by atoms with Crippen LogP contribution >= 0.6 is 12.4 Å². The lowest BCUT2D eigenvalue weighted by Crippen LogP contribution is -2.52. The van der Waals surface area contributed by atoms with E-state index in [0.717, 1.165) is 75.3 Å². The summed E-state index contributed by atoms with van der Waals surface area (Å²) in [6.45, 7) is 6.64. The molecule has 8 nitrogen and oxygen atoms in total. The molecular formula is C23H31ClN6O2. The van der Waals surface area contributed by atoms with Gasteiger partial charge in [0.1, 0.15) is 17.4 Å². The van der Waals surface area contributed by atoms with E-state index in [-0.39, 0.29) is 30.4 Å². The number of imidazole rings is 1. The number of likely N-dealkylation sites (tertiary alicyclic amines) is 1. The van der Waals surface area contributed by atoms with E-state index in [2.05, 4.69) is 24.8 Å². The normalized spacial score (nSPS) is 21.6. The van der Waals surface area contributed by atoms with Crippen molar-refractivity contribution in [3.8, 4) is 0 Å². The van der Waals surface area contributed by atoms with E-state index in [9.17, 15) is 4.79 Å². The summed E-state index contributed by atoms with van der Waals surface area (Å²) in [4.78, 5) is 26.6. The molecule has 3 aromatic rings. The third-order valence-corrected chi connectivity index (χ3v) is 6.53. The predicted molar refractivity (Wildman–Crippen MR) is 126 cm³/mol. The number of carbonyl (C=O) groups is 1. The first-order valence-corrected chi connectivity index (χ1v) is 11.3. The molecule has 0 spiro atoms. The van der Waals surface area contributed by atoms with Crippen molar-refractivity contribution in [3.63, 3.8) is 0 Å². The zero-order valence-electron chi connectivity index (χ0n) is 18.4. The molecule has 1 N–H and O–H groups in total. The van der Waals surface area contributed by atoms with Gasteiger partial charge < -0.3 is 19.2 Å². The first kappa shape index (κ1) is 22.6. The lowest BCUT2D eigenvalue weighted by Gasteiger charge is -2.34. The van der Waals surface area contributed by atoms with Crippen LogP contribution in [0.5, 0.6) is 0 Å². The Balaban J connectivity index is 0.00000245. The van der Waals surface area contributed by atoms with Gasteiger partial charge in [0, 0.05) is 51.2 Å². The number of carbonyl (C=O) groups excluding carboxylic acids is 1. The number of oxazole rings is 1. The van der Waals surface area contributed by atoms with Crippen LogP contribution in [0.1, 0.15) is 31.5 Å². The van der Waals surface area contributed by atoms with Crippen LogP contribution in [0.15, 0.2) is 41.1 Å². The Morgan fingerprint density at radius 3 is 2.88 bits per heavy atom. The number of nitrogens with one attached hydrogen (secondary N) is 1. The van der Waals surface area contributed by atoms with Crippen molar-refractivity contribution in [1.29, 1.82) is 0 Å². The number of anilines is 1. The average molecular weight is 459 g/mol. The Morgan fingerprint density at radius 2 is 2.06 bits per heavy atom. The number of rotatable bonds is 6. The molecular weight excluding hydrogens is 428 g/mol. The summed E-state index contributed by atoms with van der Waals surface area (Å²) < 4.78 is 8.14. The molecule has 32 heavy (non-hydrogen) atoms. The minimum Gasteiger partial charge on any atom is -0.423 e. The molecule has 2 saturated heterocycles. The number of para-hydroxylation sites is 2. The summed E-state index contributed by atoms with van der Waals surface area (Å²) in [7, 11) is 0. The Labute approximate surface area is 194 Å². The minimum atomic E-state index is -0.218. The van der Waals surface area contributed by atoms with Crippen LogP contribution in [0.25, 0.3) is 11.1 Å². The zero-order valence-corrected chi connectivity index (χ0v) is 19.3. The summed E-state index contributed by atoms with van der Waals surface area (Å²) in [5.41, 5.74) is 1.60. The number of nitrogens with zero attached hydrogens (tertiary/aromatic N) is 5. The fourth-order valence-corrected chi connectivity index (χ4v) is 4.76. The Morgan fingerprint density at radius 1 is 1.19 bits per heavy atom. The van der Waals surface area contributed by atoms with E-state index in [1.54, 1.807) is 0 Å². The molecule has 2 aromatic heterocycles. The average Bonchev–Trinajstić information content (AvgIpc) is 3.52. The summed E-state index contributed by atoms with van der Waals surface area (Å²) in [5, 5.41) is 3.31. The topological polar surface area (TPSA) is 79.4 Å². The van der Waals surface area contributed by atoms with Gasteiger partial charge in [-0.15, -0.1) is 12.4 Å². The van der Waals surface area contributed by atoms with E-state index in [1.165, 1.54) is 0 Å². The second-order valence-electron chi connectivity index (χ2n) is 8.63. The Bertz CT molecular complexity index is 1020. The van der Waals surface area contributed by atoms with Crippen LogP contribution in [0.4, 0.5) is 6.01 Å². The number of halogens is 1. The zero-order chi connectivity index (χ0) is 21.2. The van der Waals surface area contributed by atoms with Crippen LogP contribution in [0, 0.1) is 6.92 Å². The van der Waals surface area contributed by atoms with Crippen LogP contribution < -0.4 is 10.2 Å². The van der Waals surface area contributed by atoms with E-state index < -0.39 is 0 Å². The van der Waals surface area contributed by atoms with Gasteiger partial charge in [0.05, 0.1) is 0 Å². The molecule has 1 amide bonds. The van der Waals surface area contributed by atoms with Crippen molar-refractivity contribution >= 4 is 35.4 Å². The monoisotopic (exact) mass is 458 g/mol. The molecule has 9 heteroatoms. The molecule has 2 atom stereocenters. The van der Waals surface area contributed by atoms with Crippen LogP contribution in [-0.4, -0.2) is 63.6 Å². The van der Waals surface area contributed by atoms with Crippen LogP contribution in [-0.2, 0) is 11.3 Å². The smallest absolute Gasteiger partial charge is 0.299 e. The largest absolute Gasteiger partial charge is 0.423 e. The number of amides is 1. The first-order chi connectivity index (χ1) is 15.2. The molecule has 2 aliphatic rings. The maximum atomic E-state index is 13.2. The highest BCUT2D eigenvalue weighted by molar-refractivity contribution is 5.86. The number of hydrogen-bond donors (Lipinski definition) is 1. The lowest BCUT2D eigenvalue weighted by atomic mass is 10.0. The molecule has 2 fully saturated rings. The number of benzene rings is 1. The van der Waals surface area contributed by atoms with E-state index in [4.69, 9.17) is 4.42 Å². The molecule has 0 bridgehead atoms. The van der Waals surface area contributed by atoms with Gasteiger partial charge in [-0.3, -0.25) is 9.69 Å². The van der Waals surface area contributed by atoms with Gasteiger partial charge in [0.25, 0.3) is 6.01 Å². The van der Waals surface area contributed by atoms with Gasteiger partial charge in [-0.1, -0.05) is 12.1 Å². The summed E-state index contributed by atoms with van der Waals surface area (Å²) in [6, 6.07) is 8.30. The minimum absolute atomic E-state index is 0. The molecule has 5 rings (SSSR count). The number of aromatic nitrogens is 3. The highest BCUT2D eigenvalue weighted by Gasteiger charge is 2.34. The van der Waals surface area contributed by atoms with Gasteiger partial charge in [0.15, 0.2) is 5.58 Å². The van der Waals surface area contributed by atoms with Crippen molar-refractivity contribution < 1.29 is 9.21 Å². The van der Waals surface area contributed by atoms with Crippen molar-refractivity contribution in [1.82, 2.24) is 24.8 Å².